The van der Waals surface area contributed by atoms with Crippen LogP contribution in [-0.2, 0) is 4.74 Å². The third-order valence-electron chi connectivity index (χ3n) is 1.52. The molecule has 0 spiro atoms. The van der Waals surface area contributed by atoms with Gasteiger partial charge in [0, 0.05) is 7.11 Å². The fraction of sp³-hybridized carbons (Fsp3) is 0.556. The van der Waals surface area contributed by atoms with Crippen LogP contribution in [-0.4, -0.2) is 13.7 Å². The third kappa shape index (κ3) is 5.02. The van der Waals surface area contributed by atoms with Crippen LogP contribution < -0.4 is 0 Å². The van der Waals surface area contributed by atoms with Gasteiger partial charge >= 0.3 is 0 Å². The summed E-state index contributed by atoms with van der Waals surface area (Å²) in [5, 5.41) is 0. The van der Waals surface area contributed by atoms with Gasteiger partial charge in [0.15, 0.2) is 0 Å². The molecule has 1 nitrogen and oxygen atoms in total. The van der Waals surface area contributed by atoms with Gasteiger partial charge in [0.25, 0.3) is 6.08 Å². The SMILES string of the molecule is C=C(CCC(C)=C(F)F)COC. The molecule has 0 bridgehead atoms. The van der Waals surface area contributed by atoms with Crippen molar-refractivity contribution in [1.29, 1.82) is 0 Å². The van der Waals surface area contributed by atoms with E-state index in [1.54, 1.807) is 7.11 Å². The van der Waals surface area contributed by atoms with Gasteiger partial charge in [-0.1, -0.05) is 12.2 Å². The second-order valence-electron chi connectivity index (χ2n) is 2.72. The van der Waals surface area contributed by atoms with E-state index in [0.717, 1.165) is 5.57 Å². The van der Waals surface area contributed by atoms with Crippen molar-refractivity contribution in [1.82, 2.24) is 0 Å². The highest BCUT2D eigenvalue weighted by Gasteiger charge is 2.00. The first kappa shape index (κ1) is 11.3. The summed E-state index contributed by atoms with van der Waals surface area (Å²) in [4.78, 5) is 0. The van der Waals surface area contributed by atoms with Crippen LogP contribution in [0, 0.1) is 0 Å². The Labute approximate surface area is 71.7 Å². The van der Waals surface area contributed by atoms with Crippen molar-refractivity contribution in [2.75, 3.05) is 13.7 Å². The fourth-order valence-corrected chi connectivity index (χ4v) is 0.735. The van der Waals surface area contributed by atoms with Gasteiger partial charge in [0.2, 0.25) is 0 Å². The minimum atomic E-state index is -1.58. The number of hydrogen-bond donors (Lipinski definition) is 0. The monoisotopic (exact) mass is 176 g/mol. The van der Waals surface area contributed by atoms with Crippen molar-refractivity contribution in [2.45, 2.75) is 19.8 Å². The van der Waals surface area contributed by atoms with E-state index in [9.17, 15) is 8.78 Å². The number of hydrogen-bond acceptors (Lipinski definition) is 1. The summed E-state index contributed by atoms with van der Waals surface area (Å²) in [7, 11) is 1.56. The van der Waals surface area contributed by atoms with Gasteiger partial charge in [-0.25, -0.2) is 0 Å². The second-order valence-corrected chi connectivity index (χ2v) is 2.72. The molecule has 0 aromatic rings. The Hall–Kier alpha value is -0.700. The fourth-order valence-electron chi connectivity index (χ4n) is 0.735. The first-order valence-electron chi connectivity index (χ1n) is 3.74. The van der Waals surface area contributed by atoms with Crippen LogP contribution in [0.4, 0.5) is 8.78 Å². The van der Waals surface area contributed by atoms with Crippen LogP contribution in [0.1, 0.15) is 19.8 Å². The summed E-state index contributed by atoms with van der Waals surface area (Å²) >= 11 is 0. The number of rotatable bonds is 5. The van der Waals surface area contributed by atoms with Gasteiger partial charge in [-0.3, -0.25) is 0 Å². The van der Waals surface area contributed by atoms with Gasteiger partial charge < -0.3 is 4.74 Å². The molecular weight excluding hydrogens is 162 g/mol. The number of allylic oxidation sites excluding steroid dienone is 1. The minimum absolute atomic E-state index is 0.132. The Morgan fingerprint density at radius 3 is 2.33 bits per heavy atom. The second kappa shape index (κ2) is 5.89. The zero-order valence-corrected chi connectivity index (χ0v) is 7.49. The largest absolute Gasteiger partial charge is 0.380 e. The summed E-state index contributed by atoms with van der Waals surface area (Å²) in [6.45, 7) is 5.55. The number of halogens is 2. The molecule has 3 heteroatoms. The molecule has 0 heterocycles. The predicted octanol–water partition coefficient (Wildman–Crippen LogP) is 3.14. The average Bonchev–Trinajstić information content (AvgIpc) is 2.00. The predicted molar refractivity (Wildman–Crippen MR) is 45.2 cm³/mol. The highest BCUT2D eigenvalue weighted by atomic mass is 19.3. The lowest BCUT2D eigenvalue weighted by molar-refractivity contribution is 0.223. The third-order valence-corrected chi connectivity index (χ3v) is 1.52. The smallest absolute Gasteiger partial charge is 0.269 e. The summed E-state index contributed by atoms with van der Waals surface area (Å²) in [5.41, 5.74) is 0.977. The van der Waals surface area contributed by atoms with Crippen molar-refractivity contribution >= 4 is 0 Å². The lowest BCUT2D eigenvalue weighted by Gasteiger charge is -2.03. The zero-order valence-electron chi connectivity index (χ0n) is 7.49. The molecule has 0 N–H and O–H groups in total. The maximum absolute atomic E-state index is 11.9. The average molecular weight is 176 g/mol. The lowest BCUT2D eigenvalue weighted by Crippen LogP contribution is -1.93. The molecule has 0 amide bonds. The lowest BCUT2D eigenvalue weighted by atomic mass is 10.1. The molecule has 0 radical (unpaired) electrons. The van der Waals surface area contributed by atoms with Gasteiger partial charge in [-0.2, -0.15) is 8.78 Å². The first-order valence-corrected chi connectivity index (χ1v) is 3.74. The maximum Gasteiger partial charge on any atom is 0.269 e. The van der Waals surface area contributed by atoms with E-state index in [1.165, 1.54) is 6.92 Å². The Morgan fingerprint density at radius 1 is 1.33 bits per heavy atom. The molecule has 12 heavy (non-hydrogen) atoms. The normalized spacial score (nSPS) is 9.67. The molecule has 0 saturated heterocycles. The van der Waals surface area contributed by atoms with E-state index in [0.29, 0.717) is 19.4 Å². The van der Waals surface area contributed by atoms with Gasteiger partial charge in [-0.05, 0) is 25.3 Å². The van der Waals surface area contributed by atoms with Crippen molar-refractivity contribution in [2.24, 2.45) is 0 Å². The van der Waals surface area contributed by atoms with E-state index in [4.69, 9.17) is 4.74 Å². The van der Waals surface area contributed by atoms with Crippen LogP contribution in [0.5, 0.6) is 0 Å². The molecule has 0 rings (SSSR count). The molecule has 0 aromatic carbocycles. The van der Waals surface area contributed by atoms with Gasteiger partial charge in [-0.15, -0.1) is 0 Å². The molecule has 0 aromatic heterocycles. The molecular formula is C9H14F2O. The van der Waals surface area contributed by atoms with Crippen LogP contribution in [0.2, 0.25) is 0 Å². The zero-order chi connectivity index (χ0) is 9.56. The summed E-state index contributed by atoms with van der Waals surface area (Å²) in [5.74, 6) is 0. The molecule has 70 valence electrons. The van der Waals surface area contributed by atoms with Crippen LogP contribution in [0.3, 0.4) is 0 Å². The Balaban J connectivity index is 3.69. The molecule has 0 unspecified atom stereocenters. The van der Waals surface area contributed by atoms with E-state index in [-0.39, 0.29) is 5.57 Å². The standard InChI is InChI=1S/C9H14F2O/c1-7(6-12-3)4-5-8(2)9(10)11/h1,4-6H2,2-3H3. The summed E-state index contributed by atoms with van der Waals surface area (Å²) < 4.78 is 28.6. The highest BCUT2D eigenvalue weighted by molar-refractivity contribution is 5.04. The molecule has 0 aliphatic carbocycles. The molecule has 0 fully saturated rings. The van der Waals surface area contributed by atoms with Crippen LogP contribution in [0.15, 0.2) is 23.8 Å². The molecule has 0 saturated carbocycles. The highest BCUT2D eigenvalue weighted by Crippen LogP contribution is 2.15. The van der Waals surface area contributed by atoms with Gasteiger partial charge in [0.1, 0.15) is 0 Å². The molecule has 0 aliphatic rings. The molecule has 0 atom stereocenters. The topological polar surface area (TPSA) is 9.23 Å². The van der Waals surface area contributed by atoms with Crippen molar-refractivity contribution in [3.8, 4) is 0 Å². The van der Waals surface area contributed by atoms with E-state index < -0.39 is 6.08 Å². The Bertz CT molecular complexity index is 181. The first-order chi connectivity index (χ1) is 5.57. The van der Waals surface area contributed by atoms with E-state index in [2.05, 4.69) is 6.58 Å². The van der Waals surface area contributed by atoms with Crippen molar-refractivity contribution < 1.29 is 13.5 Å². The van der Waals surface area contributed by atoms with Crippen molar-refractivity contribution in [3.63, 3.8) is 0 Å². The molecule has 0 aliphatic heterocycles. The van der Waals surface area contributed by atoms with Gasteiger partial charge in [0.05, 0.1) is 6.61 Å². The number of ether oxygens (including phenoxy) is 1. The number of methoxy groups -OCH3 is 1. The van der Waals surface area contributed by atoms with Crippen molar-refractivity contribution in [3.05, 3.63) is 23.8 Å². The summed E-state index contributed by atoms with van der Waals surface area (Å²) in [6.07, 6.45) is -0.651. The minimum Gasteiger partial charge on any atom is -0.380 e. The summed E-state index contributed by atoms with van der Waals surface area (Å²) in [6, 6.07) is 0. The van der Waals surface area contributed by atoms with Crippen LogP contribution in [0.25, 0.3) is 0 Å². The Kier molecular flexibility index (Phi) is 5.54. The quantitative estimate of drug-likeness (QED) is 0.585. The van der Waals surface area contributed by atoms with E-state index >= 15 is 0 Å². The van der Waals surface area contributed by atoms with E-state index in [1.807, 2.05) is 0 Å². The maximum atomic E-state index is 11.9. The Morgan fingerprint density at radius 2 is 1.92 bits per heavy atom. The van der Waals surface area contributed by atoms with Crippen LogP contribution >= 0.6 is 0 Å².